The molecule has 3 heterocycles. The maximum absolute atomic E-state index is 14.4. The molecule has 4 aromatic rings. The van der Waals surface area contributed by atoms with E-state index in [1.165, 1.54) is 39.4 Å². The van der Waals surface area contributed by atoms with Gasteiger partial charge in [-0.1, -0.05) is 12.1 Å². The number of carbonyl (C=O) groups is 1. The largest absolute Gasteiger partial charge is 0.573 e. The number of sulfonamides is 1. The third-order valence-electron chi connectivity index (χ3n) is 8.62. The van der Waals surface area contributed by atoms with Crippen molar-refractivity contribution in [1.82, 2.24) is 14.3 Å². The zero-order valence-electron chi connectivity index (χ0n) is 30.2. The second-order valence-corrected chi connectivity index (χ2v) is 14.1. The quantitative estimate of drug-likeness (QED) is 0.137. The van der Waals surface area contributed by atoms with Gasteiger partial charge >= 0.3 is 6.36 Å². The molecule has 2 aromatic carbocycles. The van der Waals surface area contributed by atoms with E-state index in [-0.39, 0.29) is 44.1 Å². The Hall–Kier alpha value is -5.43. The summed E-state index contributed by atoms with van der Waals surface area (Å²) in [6.45, 7) is -0.628. The molecule has 0 atom stereocenters. The van der Waals surface area contributed by atoms with Crippen molar-refractivity contribution in [3.63, 3.8) is 0 Å². The highest BCUT2D eigenvalue weighted by molar-refractivity contribution is 7.89. The fourth-order valence-corrected chi connectivity index (χ4v) is 7.20. The van der Waals surface area contributed by atoms with E-state index < -0.39 is 57.4 Å². The van der Waals surface area contributed by atoms with E-state index in [0.29, 0.717) is 34.1 Å². The number of amides is 1. The van der Waals surface area contributed by atoms with Gasteiger partial charge in [-0.2, -0.15) is 4.31 Å². The molecule has 0 saturated carbocycles. The number of nitrogens with zero attached hydrogens (tertiary/aromatic N) is 4. The number of rotatable bonds is 14. The summed E-state index contributed by atoms with van der Waals surface area (Å²) in [5.41, 5.74) is 0.415. The van der Waals surface area contributed by atoms with Crippen molar-refractivity contribution < 1.29 is 58.8 Å². The molecule has 2 aromatic heterocycles. The molecule has 1 fully saturated rings. The van der Waals surface area contributed by atoms with Crippen LogP contribution in [0.2, 0.25) is 0 Å². The number of alkyl halides is 5. The minimum absolute atomic E-state index is 0.0312. The third kappa shape index (κ3) is 10.2. The van der Waals surface area contributed by atoms with Crippen LogP contribution in [0.25, 0.3) is 0 Å². The number of halogens is 5. The highest BCUT2D eigenvalue weighted by atomic mass is 32.2. The minimum atomic E-state index is -5.12. The number of hydrogen-bond donors (Lipinski definition) is 1. The molecule has 1 N–H and O–H groups in total. The highest BCUT2D eigenvalue weighted by Gasteiger charge is 2.35. The van der Waals surface area contributed by atoms with Gasteiger partial charge < -0.3 is 33.9 Å². The summed E-state index contributed by atoms with van der Waals surface area (Å²) < 4.78 is 123. The van der Waals surface area contributed by atoms with Gasteiger partial charge in [0.1, 0.15) is 34.6 Å². The first-order chi connectivity index (χ1) is 26.0. The molecular weight excluding hydrogens is 757 g/mol. The Balaban J connectivity index is 1.50. The Morgan fingerprint density at radius 2 is 1.45 bits per heavy atom. The van der Waals surface area contributed by atoms with Crippen LogP contribution in [0.5, 0.6) is 28.7 Å². The zero-order valence-corrected chi connectivity index (χ0v) is 31.0. The van der Waals surface area contributed by atoms with Crippen LogP contribution in [0.3, 0.4) is 0 Å². The lowest BCUT2D eigenvalue weighted by atomic mass is 10.1. The first kappa shape index (κ1) is 40.7. The number of aromatic nitrogens is 2. The van der Waals surface area contributed by atoms with Crippen molar-refractivity contribution in [2.24, 2.45) is 0 Å². The Labute approximate surface area is 314 Å². The van der Waals surface area contributed by atoms with Crippen LogP contribution in [0.1, 0.15) is 40.7 Å². The molecule has 19 heteroatoms. The molecule has 1 aliphatic rings. The van der Waals surface area contributed by atoms with E-state index in [1.807, 2.05) is 0 Å². The normalized spacial score (nSPS) is 14.5. The van der Waals surface area contributed by atoms with Crippen LogP contribution in [-0.4, -0.2) is 82.4 Å². The third-order valence-corrected chi connectivity index (χ3v) is 10.3. The molecule has 0 bridgehead atoms. The summed E-state index contributed by atoms with van der Waals surface area (Å²) >= 11 is 0. The lowest BCUT2D eigenvalue weighted by molar-refractivity contribution is -0.274. The molecule has 1 amide bonds. The number of anilines is 2. The monoisotopic (exact) mass is 795 g/mol. The minimum Gasteiger partial charge on any atom is -0.497 e. The summed E-state index contributed by atoms with van der Waals surface area (Å²) in [4.78, 5) is 23.2. The molecular formula is C36H38F5N5O8S. The van der Waals surface area contributed by atoms with Gasteiger partial charge in [-0.05, 0) is 30.7 Å². The number of nitrogens with one attached hydrogen (secondary N) is 1. The van der Waals surface area contributed by atoms with Crippen molar-refractivity contribution in [1.29, 1.82) is 0 Å². The summed E-state index contributed by atoms with van der Waals surface area (Å²) in [5, 5.41) is 2.00. The van der Waals surface area contributed by atoms with Crippen LogP contribution < -0.4 is 33.9 Å². The van der Waals surface area contributed by atoms with Gasteiger partial charge in [-0.3, -0.25) is 4.79 Å². The summed E-state index contributed by atoms with van der Waals surface area (Å²) in [5.74, 6) is -3.34. The molecule has 1 saturated heterocycles. The van der Waals surface area contributed by atoms with E-state index in [2.05, 4.69) is 20.0 Å². The maximum Gasteiger partial charge on any atom is 0.573 e. The predicted octanol–water partition coefficient (Wildman–Crippen LogP) is 6.68. The number of ether oxygens (including phenoxy) is 5. The number of carbonyl (C=O) groups excluding carboxylic acids is 1. The smallest absolute Gasteiger partial charge is 0.497 e. The van der Waals surface area contributed by atoms with Crippen molar-refractivity contribution in [3.8, 4) is 28.7 Å². The Morgan fingerprint density at radius 1 is 0.836 bits per heavy atom. The van der Waals surface area contributed by atoms with Crippen molar-refractivity contribution in [2.75, 3.05) is 51.7 Å². The van der Waals surface area contributed by atoms with Gasteiger partial charge in [-0.15, -0.1) is 13.2 Å². The van der Waals surface area contributed by atoms with E-state index >= 15 is 0 Å². The van der Waals surface area contributed by atoms with Crippen LogP contribution >= 0.6 is 0 Å². The summed E-state index contributed by atoms with van der Waals surface area (Å²) in [6, 6.07) is 12.9. The second-order valence-electron chi connectivity index (χ2n) is 12.3. The fraction of sp³-hybridized carbons (Fsp3) is 0.361. The van der Waals surface area contributed by atoms with Crippen molar-refractivity contribution >= 4 is 27.4 Å². The van der Waals surface area contributed by atoms with Crippen molar-refractivity contribution in [2.45, 2.75) is 49.7 Å². The van der Waals surface area contributed by atoms with Crippen LogP contribution in [0, 0.1) is 0 Å². The van der Waals surface area contributed by atoms with Gasteiger partial charge in [0.15, 0.2) is 5.03 Å². The average molecular weight is 796 g/mol. The Bertz CT molecular complexity index is 2050. The lowest BCUT2D eigenvalue weighted by Gasteiger charge is -2.25. The number of hydrogen-bond acceptors (Lipinski definition) is 11. The highest BCUT2D eigenvalue weighted by Crippen LogP contribution is 2.35. The van der Waals surface area contributed by atoms with Crippen LogP contribution in [-0.2, 0) is 23.1 Å². The molecule has 0 spiro atoms. The zero-order chi connectivity index (χ0) is 40.0. The standard InChI is InChI=1S/C36H38F5N5O8S/c1-50-26-8-6-23(30(18-26)52-3)21-46(22-24-7-9-27(51-2)19-31(24)53-4)55(48,49)32-16-25(10-13-42-32)44-34(47)29-17-28(54-36(39,40)41)20-43-33(29)45-14-5-11-35(37,38)12-15-45/h6-10,13,16-20H,5,11-12,14-15,21-22H2,1-4H3,(H,42,44,47). The van der Waals surface area contributed by atoms with Gasteiger partial charge in [0.2, 0.25) is 5.92 Å². The molecule has 0 unspecified atom stereocenters. The lowest BCUT2D eigenvalue weighted by Crippen LogP contribution is -2.31. The van der Waals surface area contributed by atoms with E-state index in [0.717, 1.165) is 28.8 Å². The van der Waals surface area contributed by atoms with Gasteiger partial charge in [0.25, 0.3) is 15.9 Å². The molecule has 0 aliphatic carbocycles. The number of pyridine rings is 2. The predicted molar refractivity (Wildman–Crippen MR) is 190 cm³/mol. The molecule has 13 nitrogen and oxygen atoms in total. The van der Waals surface area contributed by atoms with Crippen LogP contribution in [0.15, 0.2) is 72.0 Å². The Kier molecular flexibility index (Phi) is 12.5. The topological polar surface area (TPSA) is 142 Å². The second kappa shape index (κ2) is 16.9. The average Bonchev–Trinajstić information content (AvgIpc) is 3.34. The number of benzene rings is 2. The molecule has 296 valence electrons. The van der Waals surface area contributed by atoms with Gasteiger partial charge in [-0.25, -0.2) is 27.2 Å². The van der Waals surface area contributed by atoms with E-state index in [1.54, 1.807) is 36.4 Å². The van der Waals surface area contributed by atoms with E-state index in [9.17, 15) is 35.2 Å². The van der Waals surface area contributed by atoms with Gasteiger partial charge in [0, 0.05) is 80.2 Å². The Morgan fingerprint density at radius 3 is 2.02 bits per heavy atom. The molecule has 0 radical (unpaired) electrons. The molecule has 55 heavy (non-hydrogen) atoms. The van der Waals surface area contributed by atoms with Gasteiger partial charge in [0.05, 0.1) is 40.2 Å². The SMILES string of the molecule is COc1ccc(CN(Cc2ccc(OC)cc2OC)S(=O)(=O)c2cc(NC(=O)c3cc(OC(F)(F)F)cnc3N3CCCC(F)(F)CC3)ccn2)c(OC)c1. The summed E-state index contributed by atoms with van der Waals surface area (Å²) in [7, 11) is 1.28. The summed E-state index contributed by atoms with van der Waals surface area (Å²) in [6.07, 6.45) is -4.20. The first-order valence-electron chi connectivity index (χ1n) is 16.6. The van der Waals surface area contributed by atoms with Crippen molar-refractivity contribution in [3.05, 3.63) is 83.7 Å². The van der Waals surface area contributed by atoms with Crippen LogP contribution in [0.4, 0.5) is 33.5 Å². The fourth-order valence-electron chi connectivity index (χ4n) is 5.85. The molecule has 1 aliphatic heterocycles. The maximum atomic E-state index is 14.4. The number of methoxy groups -OCH3 is 4. The first-order valence-corrected chi connectivity index (χ1v) is 18.1. The molecule has 5 rings (SSSR count). The van der Waals surface area contributed by atoms with E-state index in [4.69, 9.17) is 18.9 Å².